The maximum atomic E-state index is 6.00. The molecule has 0 atom stereocenters. The fraction of sp³-hybridized carbons (Fsp3) is 0.118. The van der Waals surface area contributed by atoms with Crippen LogP contribution in [-0.2, 0) is 0 Å². The van der Waals surface area contributed by atoms with Gasteiger partial charge in [0, 0.05) is 10.6 Å². The molecule has 21 heavy (non-hydrogen) atoms. The molecule has 2 N–H and O–H groups in total. The summed E-state index contributed by atoms with van der Waals surface area (Å²) in [6, 6.07) is 13.6. The van der Waals surface area contributed by atoms with Gasteiger partial charge in [0.15, 0.2) is 11.6 Å². The third-order valence-electron chi connectivity index (χ3n) is 3.70. The first-order valence-corrected chi connectivity index (χ1v) is 7.03. The van der Waals surface area contributed by atoms with Crippen molar-refractivity contribution in [1.82, 2.24) is 5.16 Å². The number of benzene rings is 2. The van der Waals surface area contributed by atoms with Crippen LogP contribution >= 0.6 is 11.6 Å². The Morgan fingerprint density at radius 2 is 1.76 bits per heavy atom. The number of nitrogens with zero attached hydrogens (tertiary/aromatic N) is 1. The average Bonchev–Trinajstić information content (AvgIpc) is 2.85. The van der Waals surface area contributed by atoms with Gasteiger partial charge in [-0.3, -0.25) is 0 Å². The minimum Gasteiger partial charge on any atom is -0.380 e. The molecule has 0 saturated carbocycles. The van der Waals surface area contributed by atoms with Crippen LogP contribution in [0.1, 0.15) is 11.1 Å². The molecule has 3 aromatic rings. The summed E-state index contributed by atoms with van der Waals surface area (Å²) in [7, 11) is 0. The zero-order valence-corrected chi connectivity index (χ0v) is 12.6. The molecule has 0 bridgehead atoms. The van der Waals surface area contributed by atoms with E-state index in [0.29, 0.717) is 16.6 Å². The number of halogens is 1. The minimum atomic E-state index is 0.383. The zero-order chi connectivity index (χ0) is 15.0. The predicted octanol–water partition coefficient (Wildman–Crippen LogP) is 4.86. The molecule has 0 aliphatic carbocycles. The highest BCUT2D eigenvalue weighted by Gasteiger charge is 2.19. The molecule has 0 saturated heterocycles. The van der Waals surface area contributed by atoms with Gasteiger partial charge in [-0.15, -0.1) is 0 Å². The Kier molecular flexibility index (Phi) is 3.43. The van der Waals surface area contributed by atoms with Crippen molar-refractivity contribution in [3.63, 3.8) is 0 Å². The molecule has 0 amide bonds. The van der Waals surface area contributed by atoms with E-state index < -0.39 is 0 Å². The van der Waals surface area contributed by atoms with Crippen LogP contribution in [0.4, 0.5) is 5.82 Å². The van der Waals surface area contributed by atoms with Gasteiger partial charge >= 0.3 is 0 Å². The highest BCUT2D eigenvalue weighted by molar-refractivity contribution is 6.30. The van der Waals surface area contributed by atoms with Gasteiger partial charge in [-0.1, -0.05) is 47.1 Å². The van der Waals surface area contributed by atoms with Gasteiger partial charge in [0.05, 0.1) is 5.56 Å². The number of aryl methyl sites for hydroxylation is 1. The Morgan fingerprint density at radius 3 is 2.48 bits per heavy atom. The molecule has 0 radical (unpaired) electrons. The number of rotatable bonds is 2. The maximum Gasteiger partial charge on any atom is 0.177 e. The second kappa shape index (κ2) is 5.26. The zero-order valence-electron chi connectivity index (χ0n) is 11.9. The number of hydrogen-bond donors (Lipinski definition) is 1. The minimum absolute atomic E-state index is 0.383. The Morgan fingerprint density at radius 1 is 1.05 bits per heavy atom. The standard InChI is InChI=1S/C17H15ClN2O/c1-10-4-3-5-14(11(10)2)16-15(17(19)20-21-16)12-6-8-13(18)9-7-12/h3-9H,1-2H3,(H2,19,20). The van der Waals surface area contributed by atoms with Gasteiger partial charge < -0.3 is 10.3 Å². The van der Waals surface area contributed by atoms with Crippen molar-refractivity contribution in [2.75, 3.05) is 5.73 Å². The average molecular weight is 299 g/mol. The van der Waals surface area contributed by atoms with Crippen LogP contribution in [-0.4, -0.2) is 5.16 Å². The summed E-state index contributed by atoms with van der Waals surface area (Å²) in [5.74, 6) is 1.07. The Bertz CT molecular complexity index is 791. The first-order chi connectivity index (χ1) is 10.1. The van der Waals surface area contributed by atoms with Gasteiger partial charge in [-0.25, -0.2) is 0 Å². The molecule has 1 heterocycles. The largest absolute Gasteiger partial charge is 0.380 e. The second-order valence-corrected chi connectivity index (χ2v) is 5.46. The van der Waals surface area contributed by atoms with Crippen LogP contribution in [0.3, 0.4) is 0 Å². The summed E-state index contributed by atoms with van der Waals surface area (Å²) in [6.07, 6.45) is 0. The van der Waals surface area contributed by atoms with E-state index in [2.05, 4.69) is 25.1 Å². The van der Waals surface area contributed by atoms with Crippen molar-refractivity contribution >= 4 is 17.4 Å². The molecule has 106 valence electrons. The lowest BCUT2D eigenvalue weighted by Gasteiger charge is -2.08. The highest BCUT2D eigenvalue weighted by atomic mass is 35.5. The monoisotopic (exact) mass is 298 g/mol. The van der Waals surface area contributed by atoms with Crippen molar-refractivity contribution in [2.24, 2.45) is 0 Å². The molecule has 2 aromatic carbocycles. The lowest BCUT2D eigenvalue weighted by molar-refractivity contribution is 0.436. The lowest BCUT2D eigenvalue weighted by Crippen LogP contribution is -1.91. The van der Waals surface area contributed by atoms with E-state index in [9.17, 15) is 0 Å². The van der Waals surface area contributed by atoms with Gasteiger partial charge in [0.1, 0.15) is 0 Å². The molecule has 0 aliphatic rings. The Hall–Kier alpha value is -2.26. The van der Waals surface area contributed by atoms with E-state index in [1.807, 2.05) is 36.4 Å². The molecule has 3 rings (SSSR count). The quantitative estimate of drug-likeness (QED) is 0.735. The van der Waals surface area contributed by atoms with E-state index in [1.54, 1.807) is 0 Å². The van der Waals surface area contributed by atoms with Gasteiger partial charge in [-0.05, 0) is 42.7 Å². The van der Waals surface area contributed by atoms with Gasteiger partial charge in [0.2, 0.25) is 0 Å². The summed E-state index contributed by atoms with van der Waals surface area (Å²) in [5, 5.41) is 4.61. The lowest BCUT2D eigenvalue weighted by atomic mass is 9.96. The van der Waals surface area contributed by atoms with E-state index >= 15 is 0 Å². The normalized spacial score (nSPS) is 10.8. The Balaban J connectivity index is 2.22. The van der Waals surface area contributed by atoms with Crippen molar-refractivity contribution < 1.29 is 4.52 Å². The summed E-state index contributed by atoms with van der Waals surface area (Å²) in [4.78, 5) is 0. The molecule has 4 heteroatoms. The number of nitrogen functional groups attached to an aromatic ring is 1. The van der Waals surface area contributed by atoms with Crippen LogP contribution < -0.4 is 5.73 Å². The second-order valence-electron chi connectivity index (χ2n) is 5.03. The molecular weight excluding hydrogens is 284 g/mol. The fourth-order valence-corrected chi connectivity index (χ4v) is 2.50. The summed E-state index contributed by atoms with van der Waals surface area (Å²) in [6.45, 7) is 4.13. The van der Waals surface area contributed by atoms with Crippen LogP contribution in [0.15, 0.2) is 47.0 Å². The molecular formula is C17H15ClN2O. The smallest absolute Gasteiger partial charge is 0.177 e. The number of hydrogen-bond acceptors (Lipinski definition) is 3. The number of nitrogens with two attached hydrogens (primary N) is 1. The Labute approximate surface area is 128 Å². The first-order valence-electron chi connectivity index (χ1n) is 6.65. The molecule has 0 spiro atoms. The summed E-state index contributed by atoms with van der Waals surface area (Å²) < 4.78 is 5.49. The molecule has 3 nitrogen and oxygen atoms in total. The van der Waals surface area contributed by atoms with Crippen molar-refractivity contribution in [3.8, 4) is 22.5 Å². The molecule has 1 aromatic heterocycles. The number of aromatic nitrogens is 1. The summed E-state index contributed by atoms with van der Waals surface area (Å²) in [5.41, 5.74) is 11.1. The predicted molar refractivity (Wildman–Crippen MR) is 86.3 cm³/mol. The van der Waals surface area contributed by atoms with Crippen LogP contribution in [0.25, 0.3) is 22.5 Å². The highest BCUT2D eigenvalue weighted by Crippen LogP contribution is 2.38. The molecule has 0 aliphatic heterocycles. The van der Waals surface area contributed by atoms with Gasteiger partial charge in [0.25, 0.3) is 0 Å². The number of anilines is 1. The van der Waals surface area contributed by atoms with E-state index in [0.717, 1.165) is 22.3 Å². The van der Waals surface area contributed by atoms with Crippen LogP contribution in [0.2, 0.25) is 5.02 Å². The van der Waals surface area contributed by atoms with E-state index in [1.165, 1.54) is 5.56 Å². The SMILES string of the molecule is Cc1cccc(-c2onc(N)c2-c2ccc(Cl)cc2)c1C. The topological polar surface area (TPSA) is 52.0 Å². The van der Waals surface area contributed by atoms with Crippen molar-refractivity contribution in [2.45, 2.75) is 13.8 Å². The van der Waals surface area contributed by atoms with Crippen molar-refractivity contribution in [3.05, 3.63) is 58.6 Å². The van der Waals surface area contributed by atoms with Gasteiger partial charge in [-0.2, -0.15) is 0 Å². The maximum absolute atomic E-state index is 6.00. The third kappa shape index (κ3) is 2.41. The van der Waals surface area contributed by atoms with Crippen molar-refractivity contribution in [1.29, 1.82) is 0 Å². The molecule has 0 fully saturated rings. The van der Waals surface area contributed by atoms with Crippen LogP contribution in [0, 0.1) is 13.8 Å². The van der Waals surface area contributed by atoms with E-state index in [4.69, 9.17) is 21.9 Å². The molecule has 0 unspecified atom stereocenters. The summed E-state index contributed by atoms with van der Waals surface area (Å²) >= 11 is 5.95. The fourth-order valence-electron chi connectivity index (χ4n) is 2.38. The first kappa shape index (κ1) is 13.7. The van der Waals surface area contributed by atoms with E-state index in [-0.39, 0.29) is 0 Å². The third-order valence-corrected chi connectivity index (χ3v) is 3.95. The van der Waals surface area contributed by atoms with Crippen LogP contribution in [0.5, 0.6) is 0 Å².